The third kappa shape index (κ3) is 8.95. The van der Waals surface area contributed by atoms with Crippen LogP contribution < -0.4 is 15.4 Å². The molecule has 0 amide bonds. The van der Waals surface area contributed by atoms with E-state index in [9.17, 15) is 13.5 Å². The van der Waals surface area contributed by atoms with Gasteiger partial charge in [0.15, 0.2) is 15.8 Å². The lowest BCUT2D eigenvalue weighted by Crippen LogP contribution is -2.42. The number of aliphatic hydroxyl groups is 1. The molecule has 0 heterocycles. The van der Waals surface area contributed by atoms with Crippen molar-refractivity contribution in [1.29, 1.82) is 0 Å². The first kappa shape index (κ1) is 26.9. The summed E-state index contributed by atoms with van der Waals surface area (Å²) in [6.07, 6.45) is 0.571. The Morgan fingerprint density at radius 2 is 1.79 bits per heavy atom. The summed E-state index contributed by atoms with van der Waals surface area (Å²) in [6, 6.07) is 7.29. The first-order chi connectivity index (χ1) is 12.5. The van der Waals surface area contributed by atoms with Gasteiger partial charge in [0.1, 0.15) is 5.75 Å². The van der Waals surface area contributed by atoms with Crippen LogP contribution in [0.3, 0.4) is 0 Å². The van der Waals surface area contributed by atoms with Crippen LogP contribution in [0.5, 0.6) is 5.75 Å². The molecule has 0 saturated heterocycles. The number of nitrogens with zero attached hydrogens (tertiary/aromatic N) is 1. The number of rotatable bonds is 9. The smallest absolute Gasteiger partial charge is 0.191 e. The molecule has 1 rings (SSSR count). The minimum absolute atomic E-state index is 0. The normalized spacial score (nSPS) is 13.6. The van der Waals surface area contributed by atoms with E-state index in [1.807, 2.05) is 45.0 Å². The van der Waals surface area contributed by atoms with Crippen molar-refractivity contribution in [3.05, 3.63) is 29.8 Å². The average Bonchev–Trinajstić information content (AvgIpc) is 2.56. The fourth-order valence-corrected chi connectivity index (χ4v) is 2.38. The van der Waals surface area contributed by atoms with Crippen LogP contribution in [0.2, 0.25) is 0 Å². The van der Waals surface area contributed by atoms with Crippen molar-refractivity contribution < 1.29 is 18.3 Å². The highest BCUT2D eigenvalue weighted by Gasteiger charge is 2.30. The van der Waals surface area contributed by atoms with Crippen molar-refractivity contribution in [1.82, 2.24) is 10.6 Å². The van der Waals surface area contributed by atoms with E-state index in [4.69, 9.17) is 4.74 Å². The van der Waals surface area contributed by atoms with Crippen LogP contribution >= 0.6 is 24.0 Å². The van der Waals surface area contributed by atoms with Crippen LogP contribution in [0.15, 0.2) is 29.3 Å². The molecule has 0 fully saturated rings. The number of nitrogens with one attached hydrogen (secondary N) is 2. The SMILES string of the molecule is CCNC(=NCC(C)(C)S(C)(=O)=O)NCC(O)c1ccc(OC(C)C)cc1.I. The molecule has 0 radical (unpaired) electrons. The van der Waals surface area contributed by atoms with Crippen LogP contribution in [0.1, 0.15) is 46.3 Å². The number of hydrogen-bond donors (Lipinski definition) is 3. The quantitative estimate of drug-likeness (QED) is 0.259. The zero-order valence-corrected chi connectivity index (χ0v) is 20.7. The van der Waals surface area contributed by atoms with E-state index in [1.165, 1.54) is 6.26 Å². The van der Waals surface area contributed by atoms with Crippen molar-refractivity contribution in [2.75, 3.05) is 25.9 Å². The Morgan fingerprint density at radius 1 is 1.21 bits per heavy atom. The number of sulfone groups is 1. The largest absolute Gasteiger partial charge is 0.491 e. The first-order valence-corrected chi connectivity index (χ1v) is 11.0. The number of aliphatic hydroxyl groups excluding tert-OH is 1. The second kappa shape index (κ2) is 11.8. The summed E-state index contributed by atoms with van der Waals surface area (Å²) in [4.78, 5) is 4.35. The molecule has 7 nitrogen and oxygen atoms in total. The summed E-state index contributed by atoms with van der Waals surface area (Å²) in [6.45, 7) is 10.1. The van der Waals surface area contributed by atoms with Crippen molar-refractivity contribution >= 4 is 39.8 Å². The van der Waals surface area contributed by atoms with Gasteiger partial charge >= 0.3 is 0 Å². The second-order valence-electron chi connectivity index (χ2n) is 7.36. The van der Waals surface area contributed by atoms with Gasteiger partial charge in [0.2, 0.25) is 0 Å². The number of guanidine groups is 1. The lowest BCUT2D eigenvalue weighted by molar-refractivity contribution is 0.180. The Labute approximate surface area is 186 Å². The molecule has 0 aliphatic carbocycles. The summed E-state index contributed by atoms with van der Waals surface area (Å²) in [5.41, 5.74) is 0.755. The molecule has 3 N–H and O–H groups in total. The Morgan fingerprint density at radius 3 is 2.25 bits per heavy atom. The molecule has 0 spiro atoms. The molecule has 0 aromatic heterocycles. The molecule has 0 aliphatic rings. The van der Waals surface area contributed by atoms with Crippen LogP contribution in [0.4, 0.5) is 0 Å². The minimum atomic E-state index is -3.22. The highest BCUT2D eigenvalue weighted by molar-refractivity contribution is 14.0. The Bertz CT molecular complexity index is 719. The average molecular weight is 527 g/mol. The monoisotopic (exact) mass is 527 g/mol. The lowest BCUT2D eigenvalue weighted by atomic mass is 10.1. The maximum absolute atomic E-state index is 11.8. The molecule has 1 atom stereocenters. The number of ether oxygens (including phenoxy) is 1. The standard InChI is InChI=1S/C19H33N3O4S.HI/c1-7-20-18(22-13-19(4,5)27(6,24)25)21-12-17(23)15-8-10-16(11-9-15)26-14(2)3;/h8-11,14,17,23H,7,12-13H2,1-6H3,(H2,20,21,22);1H. The van der Waals surface area contributed by atoms with Gasteiger partial charge in [-0.25, -0.2) is 8.42 Å². The molecule has 0 bridgehead atoms. The van der Waals surface area contributed by atoms with Gasteiger partial charge in [-0.05, 0) is 52.3 Å². The zero-order valence-electron chi connectivity index (χ0n) is 17.5. The molecule has 0 aliphatic heterocycles. The third-order valence-corrected chi connectivity index (χ3v) is 6.20. The lowest BCUT2D eigenvalue weighted by Gasteiger charge is -2.21. The van der Waals surface area contributed by atoms with Gasteiger partial charge in [-0.15, -0.1) is 24.0 Å². The Kier molecular flexibility index (Phi) is 11.4. The van der Waals surface area contributed by atoms with Crippen molar-refractivity contribution in [2.45, 2.75) is 51.6 Å². The van der Waals surface area contributed by atoms with E-state index < -0.39 is 20.7 Å². The van der Waals surface area contributed by atoms with Gasteiger partial charge in [0.05, 0.1) is 23.5 Å². The predicted molar refractivity (Wildman–Crippen MR) is 125 cm³/mol. The van der Waals surface area contributed by atoms with Crippen LogP contribution in [0, 0.1) is 0 Å². The summed E-state index contributed by atoms with van der Waals surface area (Å²) in [5.74, 6) is 1.22. The van der Waals surface area contributed by atoms with E-state index in [-0.39, 0.29) is 43.2 Å². The van der Waals surface area contributed by atoms with Crippen LogP contribution in [-0.4, -0.2) is 56.2 Å². The molecule has 0 saturated carbocycles. The highest BCUT2D eigenvalue weighted by Crippen LogP contribution is 2.18. The number of benzene rings is 1. The van der Waals surface area contributed by atoms with E-state index in [2.05, 4.69) is 15.6 Å². The van der Waals surface area contributed by atoms with Gasteiger partial charge in [-0.3, -0.25) is 4.99 Å². The van der Waals surface area contributed by atoms with E-state index in [0.29, 0.717) is 12.5 Å². The summed E-state index contributed by atoms with van der Waals surface area (Å²) < 4.78 is 28.3. The fourth-order valence-electron chi connectivity index (χ4n) is 2.08. The van der Waals surface area contributed by atoms with Crippen molar-refractivity contribution in [3.63, 3.8) is 0 Å². The van der Waals surface area contributed by atoms with Gasteiger partial charge in [0, 0.05) is 19.3 Å². The molecular weight excluding hydrogens is 493 g/mol. The molecular formula is C19H34IN3O4S. The fraction of sp³-hybridized carbons (Fsp3) is 0.632. The maximum Gasteiger partial charge on any atom is 0.191 e. The first-order valence-electron chi connectivity index (χ1n) is 9.12. The topological polar surface area (TPSA) is 100 Å². The Balaban J connectivity index is 0.00000729. The summed E-state index contributed by atoms with van der Waals surface area (Å²) >= 11 is 0. The summed E-state index contributed by atoms with van der Waals surface area (Å²) in [7, 11) is -3.22. The molecule has 1 aromatic carbocycles. The van der Waals surface area contributed by atoms with Gasteiger partial charge in [-0.2, -0.15) is 0 Å². The van der Waals surface area contributed by atoms with Gasteiger partial charge in [-0.1, -0.05) is 12.1 Å². The Hall–Kier alpha value is -1.07. The van der Waals surface area contributed by atoms with E-state index in [1.54, 1.807) is 13.8 Å². The highest BCUT2D eigenvalue weighted by atomic mass is 127. The maximum atomic E-state index is 11.8. The van der Waals surface area contributed by atoms with Gasteiger partial charge in [0.25, 0.3) is 0 Å². The number of hydrogen-bond acceptors (Lipinski definition) is 5. The zero-order chi connectivity index (χ0) is 20.7. The molecule has 1 unspecified atom stereocenters. The molecule has 162 valence electrons. The van der Waals surface area contributed by atoms with E-state index >= 15 is 0 Å². The second-order valence-corrected chi connectivity index (χ2v) is 10.0. The number of halogens is 1. The molecule has 9 heteroatoms. The molecule has 1 aromatic rings. The van der Waals surface area contributed by atoms with Crippen molar-refractivity contribution in [2.24, 2.45) is 4.99 Å². The predicted octanol–water partition coefficient (Wildman–Crippen LogP) is 2.50. The molecule has 28 heavy (non-hydrogen) atoms. The summed E-state index contributed by atoms with van der Waals surface area (Å²) in [5, 5.41) is 16.5. The van der Waals surface area contributed by atoms with Gasteiger partial charge < -0.3 is 20.5 Å². The van der Waals surface area contributed by atoms with Crippen LogP contribution in [0.25, 0.3) is 0 Å². The third-order valence-electron chi connectivity index (χ3n) is 4.07. The van der Waals surface area contributed by atoms with Crippen LogP contribution in [-0.2, 0) is 9.84 Å². The van der Waals surface area contributed by atoms with Crippen molar-refractivity contribution in [3.8, 4) is 5.75 Å². The van der Waals surface area contributed by atoms with E-state index in [0.717, 1.165) is 11.3 Å². The minimum Gasteiger partial charge on any atom is -0.491 e. The number of aliphatic imine (C=N–C) groups is 1.